The highest BCUT2D eigenvalue weighted by Crippen LogP contribution is 2.18. The second kappa shape index (κ2) is 12.2. The Morgan fingerprint density at radius 2 is 1.09 bits per heavy atom. The van der Waals surface area contributed by atoms with E-state index < -0.39 is 36.6 Å². The zero-order valence-electron chi connectivity index (χ0n) is 17.3. The predicted molar refractivity (Wildman–Crippen MR) is 113 cm³/mol. The van der Waals surface area contributed by atoms with E-state index in [4.69, 9.17) is 31.2 Å². The van der Waals surface area contributed by atoms with Crippen molar-refractivity contribution in [1.82, 2.24) is 0 Å². The van der Waals surface area contributed by atoms with Gasteiger partial charge in [0.25, 0.3) is 0 Å². The number of esters is 2. The van der Waals surface area contributed by atoms with Crippen molar-refractivity contribution < 1.29 is 39.5 Å². The smallest absolute Gasteiger partial charge is 0.343 e. The van der Waals surface area contributed by atoms with Gasteiger partial charge in [0.1, 0.15) is 24.0 Å². The van der Waals surface area contributed by atoms with Crippen LogP contribution in [0, 0.1) is 0 Å². The lowest BCUT2D eigenvalue weighted by molar-refractivity contribution is -0.162. The normalized spacial score (nSPS) is 14.8. The van der Waals surface area contributed by atoms with E-state index in [1.807, 2.05) is 0 Å². The number of aryl methyl sites for hydroxylation is 2. The molecule has 10 nitrogen and oxygen atoms in total. The van der Waals surface area contributed by atoms with Crippen LogP contribution in [0.4, 0.5) is 0 Å². The molecule has 0 spiro atoms. The van der Waals surface area contributed by atoms with E-state index in [1.165, 1.54) is 24.3 Å². The van der Waals surface area contributed by atoms with E-state index >= 15 is 0 Å². The van der Waals surface area contributed by atoms with E-state index in [1.54, 1.807) is 24.3 Å². The van der Waals surface area contributed by atoms with Crippen molar-refractivity contribution in [3.63, 3.8) is 0 Å². The Morgan fingerprint density at radius 1 is 0.719 bits per heavy atom. The molecule has 0 aliphatic rings. The fourth-order valence-electron chi connectivity index (χ4n) is 2.77. The summed E-state index contributed by atoms with van der Waals surface area (Å²) in [5.74, 6) is -2.30. The van der Waals surface area contributed by atoms with Crippen molar-refractivity contribution in [3.8, 4) is 11.5 Å². The third kappa shape index (κ3) is 8.35. The summed E-state index contributed by atoms with van der Waals surface area (Å²) in [5, 5.41) is 38.4. The average Bonchev–Trinajstić information content (AvgIpc) is 2.75. The van der Waals surface area contributed by atoms with Crippen LogP contribution in [0.2, 0.25) is 0 Å². The summed E-state index contributed by atoms with van der Waals surface area (Å²) in [6.45, 7) is 0. The molecule has 0 fully saturated rings. The molecule has 8 N–H and O–H groups in total. The van der Waals surface area contributed by atoms with Gasteiger partial charge in [0.15, 0.2) is 12.2 Å². The number of carbonyl (C=O) groups excluding carboxylic acids is 2. The van der Waals surface area contributed by atoms with Gasteiger partial charge in [-0.25, -0.2) is 9.59 Å². The fraction of sp³-hybridized carbons (Fsp3) is 0.364. The number of aliphatic hydroxyl groups excluding tert-OH is 4. The molecule has 174 valence electrons. The SMILES string of the molecule is NC(O)CCc1cccc(OC(=O)C(O)C(O)C(=O)Oc2cccc(CCC(N)O)c2)c1. The maximum Gasteiger partial charge on any atom is 0.343 e. The average molecular weight is 448 g/mol. The van der Waals surface area contributed by atoms with Gasteiger partial charge in [0, 0.05) is 0 Å². The molecule has 0 aliphatic heterocycles. The lowest BCUT2D eigenvalue weighted by atomic mass is 10.1. The zero-order chi connectivity index (χ0) is 23.7. The molecule has 0 aliphatic carbocycles. The van der Waals surface area contributed by atoms with E-state index in [0.717, 1.165) is 11.1 Å². The molecule has 32 heavy (non-hydrogen) atoms. The number of ether oxygens (including phenoxy) is 2. The van der Waals surface area contributed by atoms with Gasteiger partial charge in [-0.2, -0.15) is 0 Å². The van der Waals surface area contributed by atoms with Crippen molar-refractivity contribution in [3.05, 3.63) is 59.7 Å². The number of benzene rings is 2. The predicted octanol–water partition coefficient (Wildman–Crippen LogP) is -0.661. The molecule has 0 aromatic heterocycles. The molecule has 0 heterocycles. The maximum atomic E-state index is 12.2. The van der Waals surface area contributed by atoms with Crippen LogP contribution in [0.5, 0.6) is 11.5 Å². The highest BCUT2D eigenvalue weighted by molar-refractivity contribution is 5.87. The summed E-state index contributed by atoms with van der Waals surface area (Å²) in [5.41, 5.74) is 12.1. The van der Waals surface area contributed by atoms with Crippen molar-refractivity contribution in [2.45, 2.75) is 50.3 Å². The number of carbonyl (C=O) groups is 2. The van der Waals surface area contributed by atoms with Gasteiger partial charge in [-0.05, 0) is 61.1 Å². The number of hydrogen-bond acceptors (Lipinski definition) is 10. The molecule has 0 saturated carbocycles. The van der Waals surface area contributed by atoms with E-state index in [-0.39, 0.29) is 11.5 Å². The summed E-state index contributed by atoms with van der Waals surface area (Å²) in [4.78, 5) is 24.3. The summed E-state index contributed by atoms with van der Waals surface area (Å²) >= 11 is 0. The fourth-order valence-corrected chi connectivity index (χ4v) is 2.77. The monoisotopic (exact) mass is 448 g/mol. The van der Waals surface area contributed by atoms with Crippen LogP contribution < -0.4 is 20.9 Å². The molecule has 4 unspecified atom stereocenters. The zero-order valence-corrected chi connectivity index (χ0v) is 17.3. The topological polar surface area (TPSA) is 186 Å². The highest BCUT2D eigenvalue weighted by Gasteiger charge is 2.33. The molecule has 0 bridgehead atoms. The minimum absolute atomic E-state index is 0.0911. The molecule has 2 rings (SSSR count). The molecule has 0 amide bonds. The Bertz CT molecular complexity index is 830. The van der Waals surface area contributed by atoms with E-state index in [0.29, 0.717) is 25.7 Å². The van der Waals surface area contributed by atoms with Crippen molar-refractivity contribution in [2.24, 2.45) is 11.5 Å². The number of rotatable bonds is 11. The van der Waals surface area contributed by atoms with Crippen LogP contribution in [-0.4, -0.2) is 57.0 Å². The lowest BCUT2D eigenvalue weighted by Gasteiger charge is -2.16. The first-order valence-electron chi connectivity index (χ1n) is 10.0. The van der Waals surface area contributed by atoms with Crippen LogP contribution in [0.25, 0.3) is 0 Å². The molecule has 10 heteroatoms. The molecular weight excluding hydrogens is 420 g/mol. The Hall–Kier alpha value is -2.86. The van der Waals surface area contributed by atoms with Gasteiger partial charge in [-0.3, -0.25) is 0 Å². The van der Waals surface area contributed by atoms with Crippen molar-refractivity contribution >= 4 is 11.9 Å². The lowest BCUT2D eigenvalue weighted by Crippen LogP contribution is -2.43. The molecule has 2 aromatic rings. The summed E-state index contributed by atoms with van der Waals surface area (Å²) in [6, 6.07) is 12.6. The standard InChI is InChI=1S/C22H28N2O8/c23-17(25)9-7-13-3-1-5-15(11-13)31-21(29)19(27)20(28)22(30)32-16-6-2-4-14(12-16)8-10-18(24)26/h1-6,11-12,17-20,25-28H,7-10,23-24H2. The Balaban J connectivity index is 1.94. The maximum absolute atomic E-state index is 12.2. The number of aliphatic hydroxyl groups is 4. The van der Waals surface area contributed by atoms with Crippen LogP contribution in [0.3, 0.4) is 0 Å². The van der Waals surface area contributed by atoms with Crippen LogP contribution in [0.1, 0.15) is 24.0 Å². The third-order valence-corrected chi connectivity index (χ3v) is 4.47. The quantitative estimate of drug-likeness (QED) is 0.146. The van der Waals surface area contributed by atoms with Crippen LogP contribution >= 0.6 is 0 Å². The molecule has 2 aromatic carbocycles. The summed E-state index contributed by atoms with van der Waals surface area (Å²) < 4.78 is 10.1. The molecular formula is C22H28N2O8. The highest BCUT2D eigenvalue weighted by atomic mass is 16.6. The molecule has 0 radical (unpaired) electrons. The third-order valence-electron chi connectivity index (χ3n) is 4.47. The van der Waals surface area contributed by atoms with Crippen LogP contribution in [0.15, 0.2) is 48.5 Å². The van der Waals surface area contributed by atoms with Crippen molar-refractivity contribution in [1.29, 1.82) is 0 Å². The number of hydrogen-bond donors (Lipinski definition) is 6. The molecule has 0 saturated heterocycles. The van der Waals surface area contributed by atoms with Crippen molar-refractivity contribution in [2.75, 3.05) is 0 Å². The first kappa shape index (κ1) is 25.4. The van der Waals surface area contributed by atoms with E-state index in [9.17, 15) is 19.8 Å². The first-order valence-corrected chi connectivity index (χ1v) is 10.0. The van der Waals surface area contributed by atoms with E-state index in [2.05, 4.69) is 0 Å². The summed E-state index contributed by atoms with van der Waals surface area (Å²) in [6.07, 6.45) is -4.82. The van der Waals surface area contributed by atoms with Gasteiger partial charge in [-0.15, -0.1) is 0 Å². The Labute approximate surface area is 185 Å². The van der Waals surface area contributed by atoms with Gasteiger partial charge < -0.3 is 41.4 Å². The molecule has 4 atom stereocenters. The number of nitrogens with two attached hydrogens (primary N) is 2. The van der Waals surface area contributed by atoms with Gasteiger partial charge in [0.05, 0.1) is 0 Å². The Kier molecular flexibility index (Phi) is 9.72. The minimum atomic E-state index is -2.17. The van der Waals surface area contributed by atoms with Gasteiger partial charge in [0.2, 0.25) is 0 Å². The minimum Gasteiger partial charge on any atom is -0.425 e. The summed E-state index contributed by atoms with van der Waals surface area (Å²) in [7, 11) is 0. The largest absolute Gasteiger partial charge is 0.425 e. The van der Waals surface area contributed by atoms with Crippen LogP contribution in [-0.2, 0) is 22.4 Å². The van der Waals surface area contributed by atoms with Gasteiger partial charge in [-0.1, -0.05) is 24.3 Å². The second-order valence-electron chi connectivity index (χ2n) is 7.24. The first-order chi connectivity index (χ1) is 15.2. The second-order valence-corrected chi connectivity index (χ2v) is 7.24. The Morgan fingerprint density at radius 3 is 1.44 bits per heavy atom. The van der Waals surface area contributed by atoms with Gasteiger partial charge >= 0.3 is 11.9 Å².